The molecule has 5 heteroatoms. The van der Waals surface area contributed by atoms with Gasteiger partial charge in [0.05, 0.1) is 17.5 Å². The third kappa shape index (κ3) is 4.44. The molecule has 1 aromatic rings. The van der Waals surface area contributed by atoms with Crippen molar-refractivity contribution in [3.63, 3.8) is 0 Å². The summed E-state index contributed by atoms with van der Waals surface area (Å²) in [5.74, 6) is 0.174. The van der Waals surface area contributed by atoms with E-state index in [4.69, 9.17) is 0 Å². The molecule has 0 aliphatic rings. The van der Waals surface area contributed by atoms with E-state index >= 15 is 0 Å². The number of nitrogens with one attached hydrogen (secondary N) is 1. The van der Waals surface area contributed by atoms with E-state index in [0.717, 1.165) is 16.8 Å². The maximum Gasteiger partial charge on any atom is 0.147 e. The number of sulfone groups is 1. The monoisotopic (exact) mass is 256 g/mol. The highest BCUT2D eigenvalue weighted by atomic mass is 32.2. The molecular weight excluding hydrogens is 236 g/mol. The number of aromatic nitrogens is 1. The van der Waals surface area contributed by atoms with Gasteiger partial charge >= 0.3 is 0 Å². The van der Waals surface area contributed by atoms with Gasteiger partial charge in [-0.25, -0.2) is 8.42 Å². The molecule has 0 radical (unpaired) electrons. The minimum absolute atomic E-state index is 0.00896. The van der Waals surface area contributed by atoms with Crippen LogP contribution in [0.2, 0.25) is 0 Å². The quantitative estimate of drug-likeness (QED) is 0.865. The van der Waals surface area contributed by atoms with Gasteiger partial charge in [0.1, 0.15) is 9.84 Å². The molecule has 0 aliphatic carbocycles. The molecular formula is C12H20N2O2S. The topological polar surface area (TPSA) is 59.1 Å². The van der Waals surface area contributed by atoms with Gasteiger partial charge in [-0.3, -0.25) is 4.98 Å². The summed E-state index contributed by atoms with van der Waals surface area (Å²) in [4.78, 5) is 4.39. The number of hydrogen-bond donors (Lipinski definition) is 1. The van der Waals surface area contributed by atoms with E-state index in [-0.39, 0.29) is 11.8 Å². The fourth-order valence-electron chi connectivity index (χ4n) is 1.84. The third-order valence-corrected chi connectivity index (χ3v) is 3.69. The molecule has 1 aromatic heterocycles. The van der Waals surface area contributed by atoms with Crippen molar-refractivity contribution < 1.29 is 8.42 Å². The first-order chi connectivity index (χ1) is 7.83. The van der Waals surface area contributed by atoms with Crippen molar-refractivity contribution in [2.75, 3.05) is 19.1 Å². The van der Waals surface area contributed by atoms with Crippen LogP contribution < -0.4 is 5.32 Å². The standard InChI is InChI=1S/C12H20N2O2S/c1-9-7-10(2)12(14-8-9)11(13-3)5-6-17(4,15)16/h7-8,11,13H,5-6H2,1-4H3. The summed E-state index contributed by atoms with van der Waals surface area (Å²) in [6, 6.07) is 2.05. The first kappa shape index (κ1) is 14.1. The zero-order valence-electron chi connectivity index (χ0n) is 10.8. The van der Waals surface area contributed by atoms with Crippen molar-refractivity contribution in [1.29, 1.82) is 0 Å². The average Bonchev–Trinajstić information content (AvgIpc) is 2.19. The second-order valence-electron chi connectivity index (χ2n) is 4.47. The van der Waals surface area contributed by atoms with Crippen LogP contribution in [0.3, 0.4) is 0 Å². The minimum atomic E-state index is -2.93. The molecule has 1 heterocycles. The second kappa shape index (κ2) is 5.60. The number of hydrogen-bond acceptors (Lipinski definition) is 4. The summed E-state index contributed by atoms with van der Waals surface area (Å²) >= 11 is 0. The zero-order chi connectivity index (χ0) is 13.1. The SMILES string of the molecule is CNC(CCS(C)(=O)=O)c1ncc(C)cc1C. The Morgan fingerprint density at radius 3 is 2.53 bits per heavy atom. The Hall–Kier alpha value is -0.940. The summed E-state index contributed by atoms with van der Waals surface area (Å²) in [6.45, 7) is 3.99. The van der Waals surface area contributed by atoms with Gasteiger partial charge in [-0.2, -0.15) is 0 Å². The Morgan fingerprint density at radius 1 is 1.41 bits per heavy atom. The Morgan fingerprint density at radius 2 is 2.06 bits per heavy atom. The third-order valence-electron chi connectivity index (χ3n) is 2.71. The van der Waals surface area contributed by atoms with Crippen LogP contribution in [0, 0.1) is 13.8 Å². The smallest absolute Gasteiger partial charge is 0.147 e. The van der Waals surface area contributed by atoms with Gasteiger partial charge in [-0.15, -0.1) is 0 Å². The van der Waals surface area contributed by atoms with E-state index < -0.39 is 9.84 Å². The predicted octanol–water partition coefficient (Wildman–Crippen LogP) is 1.39. The summed E-state index contributed by atoms with van der Waals surface area (Å²) in [5, 5.41) is 3.12. The number of pyridine rings is 1. The highest BCUT2D eigenvalue weighted by Crippen LogP contribution is 2.19. The molecule has 4 nitrogen and oxygen atoms in total. The van der Waals surface area contributed by atoms with Gasteiger partial charge in [0.15, 0.2) is 0 Å². The molecule has 1 unspecified atom stereocenters. The Labute approximate surface area is 103 Å². The van der Waals surface area contributed by atoms with E-state index in [1.165, 1.54) is 6.26 Å². The highest BCUT2D eigenvalue weighted by molar-refractivity contribution is 7.90. The second-order valence-corrected chi connectivity index (χ2v) is 6.73. The number of rotatable bonds is 5. The van der Waals surface area contributed by atoms with Gasteiger partial charge in [0.2, 0.25) is 0 Å². The van der Waals surface area contributed by atoms with Crippen molar-refractivity contribution >= 4 is 9.84 Å². The van der Waals surface area contributed by atoms with E-state index in [9.17, 15) is 8.42 Å². The lowest BCUT2D eigenvalue weighted by Crippen LogP contribution is -2.22. The molecule has 0 bridgehead atoms. The lowest BCUT2D eigenvalue weighted by molar-refractivity contribution is 0.546. The molecule has 0 amide bonds. The fourth-order valence-corrected chi connectivity index (χ4v) is 2.50. The average molecular weight is 256 g/mol. The predicted molar refractivity (Wildman–Crippen MR) is 69.8 cm³/mol. The normalized spacial score (nSPS) is 13.6. The maximum atomic E-state index is 11.2. The van der Waals surface area contributed by atoms with Crippen molar-refractivity contribution in [3.8, 4) is 0 Å². The molecule has 0 aromatic carbocycles. The van der Waals surface area contributed by atoms with E-state index in [1.807, 2.05) is 27.1 Å². The van der Waals surface area contributed by atoms with Gasteiger partial charge in [0, 0.05) is 12.5 Å². The van der Waals surface area contributed by atoms with E-state index in [0.29, 0.717) is 6.42 Å². The van der Waals surface area contributed by atoms with Gasteiger partial charge in [-0.05, 0) is 38.4 Å². The Balaban J connectivity index is 2.86. The first-order valence-corrected chi connectivity index (χ1v) is 7.67. The minimum Gasteiger partial charge on any atom is -0.312 e. The van der Waals surface area contributed by atoms with Crippen molar-refractivity contribution in [1.82, 2.24) is 10.3 Å². The lowest BCUT2D eigenvalue weighted by Gasteiger charge is -2.17. The van der Waals surface area contributed by atoms with Crippen LogP contribution in [0.5, 0.6) is 0 Å². The molecule has 96 valence electrons. The molecule has 0 fully saturated rings. The van der Waals surface area contributed by atoms with Gasteiger partial charge in [0.25, 0.3) is 0 Å². The highest BCUT2D eigenvalue weighted by Gasteiger charge is 2.15. The summed E-state index contributed by atoms with van der Waals surface area (Å²) in [5.41, 5.74) is 3.14. The van der Waals surface area contributed by atoms with Gasteiger partial charge in [-0.1, -0.05) is 6.07 Å². The first-order valence-electron chi connectivity index (χ1n) is 5.61. The molecule has 1 atom stereocenters. The van der Waals surface area contributed by atoms with E-state index in [2.05, 4.69) is 16.4 Å². The summed E-state index contributed by atoms with van der Waals surface area (Å²) in [6.07, 6.45) is 3.62. The van der Waals surface area contributed by atoms with Gasteiger partial charge < -0.3 is 5.32 Å². The van der Waals surface area contributed by atoms with Crippen LogP contribution in [0.4, 0.5) is 0 Å². The maximum absolute atomic E-state index is 11.2. The summed E-state index contributed by atoms with van der Waals surface area (Å²) < 4.78 is 22.3. The molecule has 1 rings (SSSR count). The molecule has 17 heavy (non-hydrogen) atoms. The lowest BCUT2D eigenvalue weighted by atomic mass is 10.0. The number of aryl methyl sites for hydroxylation is 2. The van der Waals surface area contributed by atoms with Crippen LogP contribution in [0.1, 0.15) is 29.3 Å². The zero-order valence-corrected chi connectivity index (χ0v) is 11.6. The van der Waals surface area contributed by atoms with Crippen molar-refractivity contribution in [2.24, 2.45) is 0 Å². The largest absolute Gasteiger partial charge is 0.312 e. The van der Waals surface area contributed by atoms with Crippen LogP contribution >= 0.6 is 0 Å². The van der Waals surface area contributed by atoms with Crippen LogP contribution in [-0.4, -0.2) is 32.5 Å². The fraction of sp³-hybridized carbons (Fsp3) is 0.583. The van der Waals surface area contributed by atoms with Crippen molar-refractivity contribution in [3.05, 3.63) is 29.1 Å². The van der Waals surface area contributed by atoms with Crippen LogP contribution in [0.15, 0.2) is 12.3 Å². The molecule has 1 N–H and O–H groups in total. The van der Waals surface area contributed by atoms with Crippen LogP contribution in [0.25, 0.3) is 0 Å². The molecule has 0 saturated heterocycles. The van der Waals surface area contributed by atoms with Crippen molar-refractivity contribution in [2.45, 2.75) is 26.3 Å². The Bertz CT molecular complexity index is 483. The van der Waals surface area contributed by atoms with Crippen LogP contribution in [-0.2, 0) is 9.84 Å². The Kier molecular flexibility index (Phi) is 4.65. The summed E-state index contributed by atoms with van der Waals surface area (Å²) in [7, 11) is -1.10. The molecule has 0 spiro atoms. The number of nitrogens with zero attached hydrogens (tertiary/aromatic N) is 1. The molecule has 0 aliphatic heterocycles. The molecule has 0 saturated carbocycles. The van der Waals surface area contributed by atoms with E-state index in [1.54, 1.807) is 0 Å².